The molecule has 3 heteroatoms. The average Bonchev–Trinajstić information content (AvgIpc) is 2.24. The van der Waals surface area contributed by atoms with Gasteiger partial charge in [-0.1, -0.05) is 20.3 Å². The Balaban J connectivity index is 3.28. The van der Waals surface area contributed by atoms with Crippen LogP contribution in [-0.2, 0) is 0 Å². The molecule has 0 amide bonds. The zero-order valence-corrected chi connectivity index (χ0v) is 11.1. The van der Waals surface area contributed by atoms with Gasteiger partial charge in [0.2, 0.25) is 0 Å². The van der Waals surface area contributed by atoms with E-state index in [9.17, 15) is 0 Å². The third-order valence-electron chi connectivity index (χ3n) is 2.51. The highest BCUT2D eigenvalue weighted by molar-refractivity contribution is 7.99. The molecule has 0 rings (SSSR count). The highest BCUT2D eigenvalue weighted by Gasteiger charge is 2.05. The van der Waals surface area contributed by atoms with Crippen LogP contribution in [0.25, 0.3) is 0 Å². The second-order valence-corrected chi connectivity index (χ2v) is 5.32. The molecule has 0 aliphatic rings. The van der Waals surface area contributed by atoms with Crippen molar-refractivity contribution in [2.24, 2.45) is 5.92 Å². The van der Waals surface area contributed by atoms with Gasteiger partial charge in [0.15, 0.2) is 0 Å². The minimum Gasteiger partial charge on any atom is -0.396 e. The predicted molar refractivity (Wildman–Crippen MR) is 70.6 cm³/mol. The quantitative estimate of drug-likeness (QED) is 0.538. The molecule has 1 unspecified atom stereocenters. The Morgan fingerprint density at radius 1 is 1.27 bits per heavy atom. The van der Waals surface area contributed by atoms with Crippen molar-refractivity contribution in [1.82, 2.24) is 5.32 Å². The fourth-order valence-corrected chi connectivity index (χ4v) is 2.33. The van der Waals surface area contributed by atoms with Crippen LogP contribution >= 0.6 is 11.8 Å². The van der Waals surface area contributed by atoms with Gasteiger partial charge in [-0.15, -0.1) is 0 Å². The van der Waals surface area contributed by atoms with Crippen molar-refractivity contribution in [3.63, 3.8) is 0 Å². The second kappa shape index (κ2) is 12.3. The van der Waals surface area contributed by atoms with Gasteiger partial charge in [-0.3, -0.25) is 0 Å². The Labute approximate surface area is 99.2 Å². The number of hydrogen-bond acceptors (Lipinski definition) is 3. The average molecular weight is 233 g/mol. The predicted octanol–water partition coefficient (Wildman–Crippen LogP) is 2.52. The Morgan fingerprint density at radius 3 is 2.67 bits per heavy atom. The third-order valence-corrected chi connectivity index (χ3v) is 3.50. The normalized spacial score (nSPS) is 13.0. The van der Waals surface area contributed by atoms with Crippen molar-refractivity contribution in [2.45, 2.75) is 39.5 Å². The van der Waals surface area contributed by atoms with Crippen LogP contribution in [-0.4, -0.2) is 36.3 Å². The molecule has 0 aliphatic carbocycles. The van der Waals surface area contributed by atoms with Gasteiger partial charge >= 0.3 is 0 Å². The summed E-state index contributed by atoms with van der Waals surface area (Å²) in [6.07, 6.45) is 4.66. The van der Waals surface area contributed by atoms with E-state index in [1.54, 1.807) is 0 Å². The van der Waals surface area contributed by atoms with Gasteiger partial charge in [-0.25, -0.2) is 0 Å². The van der Waals surface area contributed by atoms with Gasteiger partial charge in [0.1, 0.15) is 0 Å². The summed E-state index contributed by atoms with van der Waals surface area (Å²) in [5.74, 6) is 3.16. The lowest BCUT2D eigenvalue weighted by atomic mass is 10.0. The van der Waals surface area contributed by atoms with E-state index in [-0.39, 0.29) is 0 Å². The summed E-state index contributed by atoms with van der Waals surface area (Å²) in [6, 6.07) is 0. The van der Waals surface area contributed by atoms with Crippen molar-refractivity contribution in [2.75, 3.05) is 31.2 Å². The van der Waals surface area contributed by atoms with E-state index in [0.29, 0.717) is 12.5 Å². The lowest BCUT2D eigenvalue weighted by Gasteiger charge is -2.15. The van der Waals surface area contributed by atoms with Gasteiger partial charge < -0.3 is 10.4 Å². The summed E-state index contributed by atoms with van der Waals surface area (Å²) in [4.78, 5) is 0. The first-order valence-electron chi connectivity index (χ1n) is 6.24. The minimum atomic E-state index is 0.331. The molecule has 15 heavy (non-hydrogen) atoms. The number of aliphatic hydroxyl groups excluding tert-OH is 1. The molecule has 0 saturated heterocycles. The summed E-state index contributed by atoms with van der Waals surface area (Å²) in [5.41, 5.74) is 0. The first kappa shape index (κ1) is 15.3. The summed E-state index contributed by atoms with van der Waals surface area (Å²) in [7, 11) is 0. The lowest BCUT2D eigenvalue weighted by molar-refractivity contribution is 0.248. The summed E-state index contributed by atoms with van der Waals surface area (Å²) in [5, 5.41) is 12.4. The van der Waals surface area contributed by atoms with Gasteiger partial charge in [0.25, 0.3) is 0 Å². The van der Waals surface area contributed by atoms with E-state index in [1.165, 1.54) is 30.8 Å². The maximum atomic E-state index is 8.90. The standard InChI is InChI=1S/C12H27NOS/c1-3-6-12(7-9-14)11-13-8-5-10-15-4-2/h12-14H,3-11H2,1-2H3. The van der Waals surface area contributed by atoms with Crippen LogP contribution in [0, 0.1) is 5.92 Å². The Kier molecular flexibility index (Phi) is 12.6. The Bertz CT molecular complexity index is 116. The van der Waals surface area contributed by atoms with Crippen LogP contribution in [0.15, 0.2) is 0 Å². The molecule has 0 radical (unpaired) electrons. The Hall–Kier alpha value is 0.270. The number of rotatable bonds is 11. The van der Waals surface area contributed by atoms with E-state index in [0.717, 1.165) is 19.5 Å². The van der Waals surface area contributed by atoms with E-state index >= 15 is 0 Å². The summed E-state index contributed by atoms with van der Waals surface area (Å²) >= 11 is 2.01. The monoisotopic (exact) mass is 233 g/mol. The van der Waals surface area contributed by atoms with Crippen LogP contribution in [0.2, 0.25) is 0 Å². The fraction of sp³-hybridized carbons (Fsp3) is 1.00. The minimum absolute atomic E-state index is 0.331. The van der Waals surface area contributed by atoms with Crippen LogP contribution in [0.1, 0.15) is 39.5 Å². The van der Waals surface area contributed by atoms with E-state index in [1.807, 2.05) is 11.8 Å². The molecule has 2 N–H and O–H groups in total. The molecule has 0 aromatic carbocycles. The molecular weight excluding hydrogens is 206 g/mol. The topological polar surface area (TPSA) is 32.3 Å². The first-order chi connectivity index (χ1) is 7.35. The SMILES string of the molecule is CCCC(CCO)CNCCCSCC. The molecule has 0 aromatic heterocycles. The molecule has 0 aromatic rings. The van der Waals surface area contributed by atoms with Crippen molar-refractivity contribution >= 4 is 11.8 Å². The zero-order chi connectivity index (χ0) is 11.4. The maximum Gasteiger partial charge on any atom is 0.0434 e. The molecule has 0 bridgehead atoms. The number of thioether (sulfide) groups is 1. The van der Waals surface area contributed by atoms with Crippen molar-refractivity contribution < 1.29 is 5.11 Å². The molecule has 0 aliphatic heterocycles. The molecule has 0 fully saturated rings. The van der Waals surface area contributed by atoms with Crippen LogP contribution in [0.5, 0.6) is 0 Å². The van der Waals surface area contributed by atoms with Crippen LogP contribution < -0.4 is 5.32 Å². The molecule has 0 saturated carbocycles. The highest BCUT2D eigenvalue weighted by atomic mass is 32.2. The van der Waals surface area contributed by atoms with Crippen LogP contribution in [0.3, 0.4) is 0 Å². The number of aliphatic hydroxyl groups is 1. The number of hydrogen-bond donors (Lipinski definition) is 2. The zero-order valence-electron chi connectivity index (χ0n) is 10.3. The second-order valence-electron chi connectivity index (χ2n) is 3.92. The highest BCUT2D eigenvalue weighted by Crippen LogP contribution is 2.09. The van der Waals surface area contributed by atoms with Gasteiger partial charge in [0.05, 0.1) is 0 Å². The largest absolute Gasteiger partial charge is 0.396 e. The van der Waals surface area contributed by atoms with E-state index < -0.39 is 0 Å². The molecular formula is C12H27NOS. The molecule has 2 nitrogen and oxygen atoms in total. The molecule has 0 heterocycles. The van der Waals surface area contributed by atoms with Crippen molar-refractivity contribution in [1.29, 1.82) is 0 Å². The van der Waals surface area contributed by atoms with Gasteiger partial charge in [-0.05, 0) is 49.8 Å². The molecule has 1 atom stereocenters. The first-order valence-corrected chi connectivity index (χ1v) is 7.39. The third kappa shape index (κ3) is 10.6. The number of nitrogens with one attached hydrogen (secondary N) is 1. The maximum absolute atomic E-state index is 8.90. The fourth-order valence-electron chi connectivity index (χ4n) is 1.69. The smallest absolute Gasteiger partial charge is 0.0434 e. The summed E-state index contributed by atoms with van der Waals surface area (Å²) in [6.45, 7) is 6.95. The Morgan fingerprint density at radius 2 is 2.07 bits per heavy atom. The lowest BCUT2D eigenvalue weighted by Crippen LogP contribution is -2.24. The van der Waals surface area contributed by atoms with E-state index in [4.69, 9.17) is 5.11 Å². The van der Waals surface area contributed by atoms with Gasteiger partial charge in [0, 0.05) is 6.61 Å². The van der Waals surface area contributed by atoms with Crippen LogP contribution in [0.4, 0.5) is 0 Å². The van der Waals surface area contributed by atoms with Crippen molar-refractivity contribution in [3.05, 3.63) is 0 Å². The molecule has 92 valence electrons. The summed E-state index contributed by atoms with van der Waals surface area (Å²) < 4.78 is 0. The van der Waals surface area contributed by atoms with E-state index in [2.05, 4.69) is 19.2 Å². The molecule has 0 spiro atoms. The van der Waals surface area contributed by atoms with Gasteiger partial charge in [-0.2, -0.15) is 11.8 Å². The van der Waals surface area contributed by atoms with Crippen molar-refractivity contribution in [3.8, 4) is 0 Å².